The monoisotopic (exact) mass is 438 g/mol. The number of aliphatic carboxylic acids is 1. The summed E-state index contributed by atoms with van der Waals surface area (Å²) in [5, 5.41) is 32.7. The van der Waals surface area contributed by atoms with E-state index in [2.05, 4.69) is 0 Å². The fraction of sp³-hybridized carbons (Fsp3) is 0.292. The van der Waals surface area contributed by atoms with Crippen LogP contribution in [0.4, 0.5) is 11.4 Å². The van der Waals surface area contributed by atoms with Gasteiger partial charge in [-0.25, -0.2) is 0 Å². The van der Waals surface area contributed by atoms with Crippen LogP contribution in [0.3, 0.4) is 0 Å². The van der Waals surface area contributed by atoms with Gasteiger partial charge >= 0.3 is 5.97 Å². The topological polar surface area (TPSA) is 113 Å². The molecule has 32 heavy (non-hydrogen) atoms. The van der Waals surface area contributed by atoms with Gasteiger partial charge in [-0.2, -0.15) is 0 Å². The van der Waals surface area contributed by atoms with Crippen LogP contribution in [-0.4, -0.2) is 47.4 Å². The summed E-state index contributed by atoms with van der Waals surface area (Å²) in [7, 11) is 1.59. The summed E-state index contributed by atoms with van der Waals surface area (Å²) >= 11 is 0. The Kier molecular flexibility index (Phi) is 6.64. The minimum atomic E-state index is -1.33. The zero-order valence-electron chi connectivity index (χ0n) is 18.2. The Labute approximate surface area is 185 Å². The summed E-state index contributed by atoms with van der Waals surface area (Å²) in [6.45, 7) is 3.41. The zero-order chi connectivity index (χ0) is 23.5. The van der Waals surface area contributed by atoms with Crippen LogP contribution in [0.5, 0.6) is 5.75 Å². The van der Waals surface area contributed by atoms with Gasteiger partial charge in [0.2, 0.25) is 0 Å². The second kappa shape index (κ2) is 9.23. The van der Waals surface area contributed by atoms with Gasteiger partial charge in [0.25, 0.3) is 5.69 Å². The highest BCUT2D eigenvalue weighted by Gasteiger charge is 2.44. The van der Waals surface area contributed by atoms with E-state index >= 15 is 0 Å². The molecule has 3 rings (SSSR count). The number of nitro groups is 1. The molecule has 2 N–H and O–H groups in total. The van der Waals surface area contributed by atoms with E-state index in [0.717, 1.165) is 10.8 Å². The lowest BCUT2D eigenvalue weighted by molar-refractivity contribution is -0.384. The molecule has 0 bridgehead atoms. The Hall–Kier alpha value is -3.65. The predicted molar refractivity (Wildman–Crippen MR) is 122 cm³/mol. The number of non-ortho nitro benzene ring substituents is 1. The summed E-state index contributed by atoms with van der Waals surface area (Å²) in [6.07, 6.45) is 0. The molecule has 2 unspecified atom stereocenters. The van der Waals surface area contributed by atoms with Crippen molar-refractivity contribution in [2.24, 2.45) is 0 Å². The van der Waals surface area contributed by atoms with Gasteiger partial charge in [-0.3, -0.25) is 14.9 Å². The van der Waals surface area contributed by atoms with Crippen LogP contribution in [0.15, 0.2) is 60.7 Å². The van der Waals surface area contributed by atoms with E-state index in [1.807, 2.05) is 30.3 Å². The van der Waals surface area contributed by atoms with Crippen molar-refractivity contribution < 1.29 is 24.7 Å². The molecule has 0 amide bonds. The van der Waals surface area contributed by atoms with Gasteiger partial charge in [0.05, 0.1) is 18.6 Å². The highest BCUT2D eigenvalue weighted by molar-refractivity contribution is 5.89. The molecule has 8 heteroatoms. The second-order valence-electron chi connectivity index (χ2n) is 7.80. The van der Waals surface area contributed by atoms with Crippen LogP contribution in [-0.2, 0) is 10.2 Å². The fourth-order valence-electron chi connectivity index (χ4n) is 3.95. The molecular formula is C24H26N2O6. The summed E-state index contributed by atoms with van der Waals surface area (Å²) in [5.41, 5.74) is -0.183. The van der Waals surface area contributed by atoms with Crippen molar-refractivity contribution in [1.29, 1.82) is 0 Å². The van der Waals surface area contributed by atoms with Gasteiger partial charge < -0.3 is 19.8 Å². The lowest BCUT2D eigenvalue weighted by Crippen LogP contribution is -2.53. The standard InChI is InChI=1S/C24H26N2O6/c1-16(25(12-13-27)20-7-9-21(10-8-20)26(30)31)24(2,23(28)29)19-6-4-18-15-22(32-3)11-5-17(18)14-19/h4-11,14-16,27H,12-13H2,1-3H3,(H,28,29). The molecule has 168 valence electrons. The smallest absolute Gasteiger partial charge is 0.315 e. The molecule has 0 fully saturated rings. The molecule has 0 saturated carbocycles. The minimum absolute atomic E-state index is 0.0590. The highest BCUT2D eigenvalue weighted by atomic mass is 16.6. The first-order valence-electron chi connectivity index (χ1n) is 10.2. The number of carboxylic acids is 1. The molecule has 0 aliphatic heterocycles. The van der Waals surface area contributed by atoms with E-state index in [1.165, 1.54) is 12.1 Å². The molecule has 8 nitrogen and oxygen atoms in total. The first kappa shape index (κ1) is 23.0. The van der Waals surface area contributed by atoms with Crippen molar-refractivity contribution in [3.8, 4) is 5.75 Å². The van der Waals surface area contributed by atoms with E-state index < -0.39 is 22.3 Å². The molecule has 0 aromatic heterocycles. The largest absolute Gasteiger partial charge is 0.497 e. The number of hydrogen-bond donors (Lipinski definition) is 2. The number of anilines is 1. The van der Waals surface area contributed by atoms with Gasteiger partial charge in [-0.1, -0.05) is 18.2 Å². The number of methoxy groups -OCH3 is 1. The predicted octanol–water partition coefficient (Wildman–Crippen LogP) is 3.99. The molecule has 0 aliphatic carbocycles. The van der Waals surface area contributed by atoms with Gasteiger partial charge in [0, 0.05) is 30.4 Å². The molecule has 2 atom stereocenters. The third-order valence-corrected chi connectivity index (χ3v) is 6.13. The number of hydrogen-bond acceptors (Lipinski definition) is 6. The Morgan fingerprint density at radius 3 is 2.31 bits per heavy atom. The Bertz CT molecular complexity index is 1130. The number of rotatable bonds is 9. The Morgan fingerprint density at radius 1 is 1.12 bits per heavy atom. The number of benzene rings is 3. The van der Waals surface area contributed by atoms with Gasteiger partial charge in [0.15, 0.2) is 0 Å². The molecular weight excluding hydrogens is 412 g/mol. The fourth-order valence-corrected chi connectivity index (χ4v) is 3.95. The maximum absolute atomic E-state index is 12.6. The number of aliphatic hydroxyl groups excluding tert-OH is 1. The van der Waals surface area contributed by atoms with E-state index in [-0.39, 0.29) is 18.8 Å². The van der Waals surface area contributed by atoms with Gasteiger partial charge in [-0.05, 0) is 60.5 Å². The Balaban J connectivity index is 2.06. The van der Waals surface area contributed by atoms with Crippen molar-refractivity contribution >= 4 is 28.1 Å². The second-order valence-corrected chi connectivity index (χ2v) is 7.80. The number of ether oxygens (including phenoxy) is 1. The SMILES string of the molecule is COc1ccc2cc(C(C)(C(=O)O)C(C)N(CCO)c3ccc([N+](=O)[O-])cc3)ccc2c1. The summed E-state index contributed by atoms with van der Waals surface area (Å²) in [4.78, 5) is 24.8. The summed E-state index contributed by atoms with van der Waals surface area (Å²) in [6, 6.07) is 16.4. The molecule has 0 saturated heterocycles. The molecule has 0 heterocycles. The number of aliphatic hydroxyl groups is 1. The number of nitro benzene ring substituents is 1. The molecule has 3 aromatic carbocycles. The van der Waals surface area contributed by atoms with E-state index in [9.17, 15) is 25.1 Å². The van der Waals surface area contributed by atoms with Crippen LogP contribution in [0.2, 0.25) is 0 Å². The van der Waals surface area contributed by atoms with E-state index in [1.54, 1.807) is 44.1 Å². The quantitative estimate of drug-likeness (QED) is 0.384. The number of nitrogens with zero attached hydrogens (tertiary/aromatic N) is 2. The van der Waals surface area contributed by atoms with Crippen molar-refractivity contribution in [3.63, 3.8) is 0 Å². The van der Waals surface area contributed by atoms with Crippen LogP contribution in [0, 0.1) is 10.1 Å². The molecule has 0 radical (unpaired) electrons. The Morgan fingerprint density at radius 2 is 1.75 bits per heavy atom. The lowest BCUT2D eigenvalue weighted by atomic mass is 9.75. The van der Waals surface area contributed by atoms with Crippen LogP contribution < -0.4 is 9.64 Å². The maximum Gasteiger partial charge on any atom is 0.315 e. The maximum atomic E-state index is 12.6. The lowest BCUT2D eigenvalue weighted by Gasteiger charge is -2.41. The van der Waals surface area contributed by atoms with Crippen LogP contribution in [0.1, 0.15) is 19.4 Å². The van der Waals surface area contributed by atoms with Gasteiger partial charge in [0.1, 0.15) is 11.2 Å². The first-order chi connectivity index (χ1) is 15.2. The molecule has 3 aromatic rings. The van der Waals surface area contributed by atoms with Crippen molar-refractivity contribution in [2.75, 3.05) is 25.2 Å². The normalized spacial score (nSPS) is 13.9. The third kappa shape index (κ3) is 4.22. The number of fused-ring (bicyclic) bond motifs is 1. The van der Waals surface area contributed by atoms with Crippen molar-refractivity contribution in [2.45, 2.75) is 25.3 Å². The summed E-state index contributed by atoms with van der Waals surface area (Å²) < 4.78 is 5.26. The molecule has 0 spiro atoms. The van der Waals surface area contributed by atoms with Crippen LogP contribution in [0.25, 0.3) is 10.8 Å². The number of carbonyl (C=O) groups is 1. The third-order valence-electron chi connectivity index (χ3n) is 6.13. The summed E-state index contributed by atoms with van der Waals surface area (Å²) in [5.74, 6) is -0.297. The van der Waals surface area contributed by atoms with Crippen molar-refractivity contribution in [3.05, 3.63) is 76.3 Å². The van der Waals surface area contributed by atoms with E-state index in [4.69, 9.17) is 4.74 Å². The zero-order valence-corrected chi connectivity index (χ0v) is 18.2. The minimum Gasteiger partial charge on any atom is -0.497 e. The average Bonchev–Trinajstić information content (AvgIpc) is 2.80. The van der Waals surface area contributed by atoms with Gasteiger partial charge in [-0.15, -0.1) is 0 Å². The number of carboxylic acid groups (broad SMARTS) is 1. The molecule has 0 aliphatic rings. The van der Waals surface area contributed by atoms with Crippen molar-refractivity contribution in [1.82, 2.24) is 0 Å². The highest BCUT2D eigenvalue weighted by Crippen LogP contribution is 2.36. The first-order valence-corrected chi connectivity index (χ1v) is 10.2. The average molecular weight is 438 g/mol. The van der Waals surface area contributed by atoms with E-state index in [0.29, 0.717) is 17.0 Å². The van der Waals surface area contributed by atoms with Crippen LogP contribution >= 0.6 is 0 Å².